The van der Waals surface area contributed by atoms with Crippen molar-refractivity contribution in [2.45, 2.75) is 19.3 Å². The molecule has 2 fully saturated rings. The van der Waals surface area contributed by atoms with Crippen molar-refractivity contribution >= 4 is 34.1 Å². The normalized spacial score (nSPS) is 17.0. The number of anilines is 1. The second-order valence-corrected chi connectivity index (χ2v) is 8.74. The zero-order valence-electron chi connectivity index (χ0n) is 19.2. The van der Waals surface area contributed by atoms with Gasteiger partial charge in [-0.1, -0.05) is 19.1 Å². The number of para-hydroxylation sites is 2. The van der Waals surface area contributed by atoms with E-state index in [-0.39, 0.29) is 5.92 Å². The first-order valence-corrected chi connectivity index (χ1v) is 11.6. The van der Waals surface area contributed by atoms with Crippen molar-refractivity contribution in [3.63, 3.8) is 0 Å². The molecule has 1 amide bonds. The summed E-state index contributed by atoms with van der Waals surface area (Å²) in [6.07, 6.45) is -0.155. The van der Waals surface area contributed by atoms with E-state index in [0.29, 0.717) is 32.3 Å². The number of benzene rings is 1. The smallest absolute Gasteiger partial charge is 0.407 e. The summed E-state index contributed by atoms with van der Waals surface area (Å²) >= 11 is 0. The van der Waals surface area contributed by atoms with Crippen molar-refractivity contribution in [2.75, 3.05) is 44.3 Å². The average molecular weight is 463 g/mol. The molecule has 0 saturated carbocycles. The third-order valence-electron chi connectivity index (χ3n) is 6.70. The summed E-state index contributed by atoms with van der Waals surface area (Å²) in [7, 11) is 1.95. The van der Waals surface area contributed by atoms with E-state index in [2.05, 4.69) is 11.8 Å². The van der Waals surface area contributed by atoms with Crippen LogP contribution in [0.2, 0.25) is 0 Å². The third kappa shape index (κ3) is 3.18. The number of carbonyl (C=O) groups is 1. The number of aromatic nitrogens is 6. The summed E-state index contributed by atoms with van der Waals surface area (Å²) in [4.78, 5) is 34.6. The molecule has 2 aliphatic heterocycles. The predicted octanol–water partition coefficient (Wildman–Crippen LogP) is 2.18. The number of morpholine rings is 1. The van der Waals surface area contributed by atoms with E-state index in [1.165, 1.54) is 4.90 Å². The van der Waals surface area contributed by atoms with E-state index in [0.717, 1.165) is 59.2 Å². The van der Waals surface area contributed by atoms with Crippen LogP contribution in [0, 0.1) is 0 Å². The van der Waals surface area contributed by atoms with E-state index in [9.17, 15) is 9.90 Å². The average Bonchev–Trinajstić information content (AvgIpc) is 3.36. The molecule has 1 aromatic carbocycles. The molecule has 0 spiro atoms. The fourth-order valence-electron chi connectivity index (χ4n) is 4.85. The highest BCUT2D eigenvalue weighted by Gasteiger charge is 2.36. The Kier molecular flexibility index (Phi) is 4.87. The minimum absolute atomic E-state index is 0.0385. The number of amides is 1. The number of hydrogen-bond acceptors (Lipinski definition) is 7. The molecule has 5 heterocycles. The Balaban J connectivity index is 1.54. The number of likely N-dealkylation sites (tertiary alicyclic amines) is 1. The second kappa shape index (κ2) is 7.94. The molecule has 0 bridgehead atoms. The summed E-state index contributed by atoms with van der Waals surface area (Å²) in [5, 5.41) is 9.25. The van der Waals surface area contributed by atoms with Gasteiger partial charge in [0.2, 0.25) is 5.95 Å². The fourth-order valence-corrected chi connectivity index (χ4v) is 4.85. The summed E-state index contributed by atoms with van der Waals surface area (Å²) in [6, 6.07) is 8.01. The fraction of sp³-hybridized carbons (Fsp3) is 0.435. The molecule has 0 unspecified atom stereocenters. The zero-order chi connectivity index (χ0) is 23.4. The van der Waals surface area contributed by atoms with Gasteiger partial charge >= 0.3 is 6.09 Å². The van der Waals surface area contributed by atoms with Crippen LogP contribution in [-0.2, 0) is 18.2 Å². The SMILES string of the molecule is CCc1nc2ccccc2n1-c1nc(N2CCOCC2)c2nc(C3CN(C(=O)O)C3)n(C)c2n1. The lowest BCUT2D eigenvalue weighted by molar-refractivity contribution is 0.103. The summed E-state index contributed by atoms with van der Waals surface area (Å²) < 4.78 is 9.58. The molecule has 4 aromatic rings. The Morgan fingerprint density at radius 3 is 2.62 bits per heavy atom. The van der Waals surface area contributed by atoms with Gasteiger partial charge < -0.3 is 24.2 Å². The Morgan fingerprint density at radius 2 is 1.88 bits per heavy atom. The van der Waals surface area contributed by atoms with Crippen LogP contribution in [0.25, 0.3) is 28.1 Å². The molecule has 0 atom stereocenters. The van der Waals surface area contributed by atoms with Gasteiger partial charge in [0.1, 0.15) is 11.6 Å². The topological polar surface area (TPSA) is 114 Å². The van der Waals surface area contributed by atoms with Crippen LogP contribution in [0.4, 0.5) is 10.6 Å². The molecule has 2 aliphatic rings. The molecule has 1 N–H and O–H groups in total. The molecule has 0 aliphatic carbocycles. The van der Waals surface area contributed by atoms with Gasteiger partial charge in [0, 0.05) is 39.6 Å². The number of imidazole rings is 2. The maximum atomic E-state index is 11.3. The van der Waals surface area contributed by atoms with Crippen molar-refractivity contribution in [2.24, 2.45) is 7.05 Å². The Hall–Kier alpha value is -3.73. The number of ether oxygens (including phenoxy) is 1. The molecule has 34 heavy (non-hydrogen) atoms. The van der Waals surface area contributed by atoms with Gasteiger partial charge in [0.05, 0.1) is 30.2 Å². The van der Waals surface area contributed by atoms with Crippen LogP contribution in [0.1, 0.15) is 24.5 Å². The van der Waals surface area contributed by atoms with Gasteiger partial charge in [0.15, 0.2) is 17.0 Å². The number of nitrogens with zero attached hydrogens (tertiary/aromatic N) is 8. The van der Waals surface area contributed by atoms with Crippen LogP contribution in [-0.4, -0.2) is 84.6 Å². The standard InChI is InChI=1S/C23H26N8O3/c1-3-17-24-15-6-4-5-7-16(15)31(17)22-26-20-18(21(27-22)29-8-10-34-11-9-29)25-19(28(20)2)14-12-30(13-14)23(32)33/h4-7,14H,3,8-13H2,1-2H3,(H,32,33). The maximum Gasteiger partial charge on any atom is 0.407 e. The van der Waals surface area contributed by atoms with Crippen molar-refractivity contribution in [3.05, 3.63) is 35.9 Å². The Morgan fingerprint density at radius 1 is 1.12 bits per heavy atom. The lowest BCUT2D eigenvalue weighted by atomic mass is 10.0. The number of hydrogen-bond donors (Lipinski definition) is 1. The molecule has 0 radical (unpaired) electrons. The van der Waals surface area contributed by atoms with Gasteiger partial charge in [-0.3, -0.25) is 4.57 Å². The van der Waals surface area contributed by atoms with E-state index >= 15 is 0 Å². The first-order chi connectivity index (χ1) is 16.5. The third-order valence-corrected chi connectivity index (χ3v) is 6.70. The summed E-state index contributed by atoms with van der Waals surface area (Å²) in [6.45, 7) is 5.65. The largest absolute Gasteiger partial charge is 0.465 e. The highest BCUT2D eigenvalue weighted by atomic mass is 16.5. The monoisotopic (exact) mass is 462 g/mol. The molecule has 11 heteroatoms. The van der Waals surface area contributed by atoms with Crippen LogP contribution in [0.15, 0.2) is 24.3 Å². The van der Waals surface area contributed by atoms with Gasteiger partial charge in [-0.2, -0.15) is 9.97 Å². The van der Waals surface area contributed by atoms with E-state index < -0.39 is 6.09 Å². The minimum Gasteiger partial charge on any atom is -0.465 e. The quantitative estimate of drug-likeness (QED) is 0.491. The molecule has 6 rings (SSSR count). The van der Waals surface area contributed by atoms with E-state index in [1.54, 1.807) is 0 Å². The lowest BCUT2D eigenvalue weighted by Gasteiger charge is -2.36. The number of rotatable bonds is 4. The van der Waals surface area contributed by atoms with Gasteiger partial charge in [-0.15, -0.1) is 0 Å². The molecule has 3 aromatic heterocycles. The van der Waals surface area contributed by atoms with Crippen molar-refractivity contribution in [1.29, 1.82) is 0 Å². The molecular formula is C23H26N8O3. The first-order valence-electron chi connectivity index (χ1n) is 11.6. The van der Waals surface area contributed by atoms with Crippen molar-refractivity contribution in [1.82, 2.24) is 34.0 Å². The number of carboxylic acid groups (broad SMARTS) is 1. The second-order valence-electron chi connectivity index (χ2n) is 8.74. The van der Waals surface area contributed by atoms with Gasteiger partial charge in [-0.25, -0.2) is 14.8 Å². The van der Waals surface area contributed by atoms with Crippen molar-refractivity contribution in [3.8, 4) is 5.95 Å². The van der Waals surface area contributed by atoms with Gasteiger partial charge in [-0.05, 0) is 12.1 Å². The summed E-state index contributed by atoms with van der Waals surface area (Å²) in [5.41, 5.74) is 3.34. The first kappa shape index (κ1) is 20.8. The highest BCUT2D eigenvalue weighted by molar-refractivity contribution is 5.86. The predicted molar refractivity (Wildman–Crippen MR) is 126 cm³/mol. The highest BCUT2D eigenvalue weighted by Crippen LogP contribution is 2.33. The number of aryl methyl sites for hydroxylation is 2. The summed E-state index contributed by atoms with van der Waals surface area (Å²) in [5.74, 6) is 3.11. The number of fused-ring (bicyclic) bond motifs is 2. The Labute approximate surface area is 195 Å². The van der Waals surface area contributed by atoms with Crippen LogP contribution < -0.4 is 4.90 Å². The van der Waals surface area contributed by atoms with Crippen LogP contribution >= 0.6 is 0 Å². The maximum absolute atomic E-state index is 11.3. The van der Waals surface area contributed by atoms with Crippen LogP contribution in [0.5, 0.6) is 0 Å². The lowest BCUT2D eigenvalue weighted by Crippen LogP contribution is -2.48. The zero-order valence-corrected chi connectivity index (χ0v) is 19.2. The van der Waals surface area contributed by atoms with E-state index in [4.69, 9.17) is 24.7 Å². The van der Waals surface area contributed by atoms with Crippen LogP contribution in [0.3, 0.4) is 0 Å². The molecular weight excluding hydrogens is 436 g/mol. The van der Waals surface area contributed by atoms with Gasteiger partial charge in [0.25, 0.3) is 0 Å². The molecule has 176 valence electrons. The minimum atomic E-state index is -0.898. The van der Waals surface area contributed by atoms with Crippen molar-refractivity contribution < 1.29 is 14.6 Å². The van der Waals surface area contributed by atoms with E-state index in [1.807, 2.05) is 40.4 Å². The molecule has 2 saturated heterocycles. The Bertz CT molecular complexity index is 1400. The molecule has 11 nitrogen and oxygen atoms in total.